The van der Waals surface area contributed by atoms with Crippen LogP contribution in [0.15, 0.2) is 209 Å². The zero-order chi connectivity index (χ0) is 36.3. The fourth-order valence-corrected chi connectivity index (χ4v) is 8.38. The largest absolute Gasteiger partial charge is 0.456 e. The highest BCUT2D eigenvalue weighted by Crippen LogP contribution is 2.46. The Labute approximate surface area is 317 Å². The van der Waals surface area contributed by atoms with Crippen molar-refractivity contribution in [2.24, 2.45) is 0 Å². The summed E-state index contributed by atoms with van der Waals surface area (Å²) in [7, 11) is 0. The second-order valence-corrected chi connectivity index (χ2v) is 14.0. The van der Waals surface area contributed by atoms with E-state index < -0.39 is 0 Å². The molecule has 2 heterocycles. The van der Waals surface area contributed by atoms with Gasteiger partial charge in [0.1, 0.15) is 22.3 Å². The van der Waals surface area contributed by atoms with Crippen molar-refractivity contribution < 1.29 is 8.83 Å². The quantitative estimate of drug-likeness (QED) is 0.173. The lowest BCUT2D eigenvalue weighted by Gasteiger charge is -2.28. The summed E-state index contributed by atoms with van der Waals surface area (Å²) in [6.45, 7) is 0. The van der Waals surface area contributed by atoms with Gasteiger partial charge in [-0.25, -0.2) is 0 Å². The molecule has 0 aliphatic rings. The molecule has 3 heteroatoms. The van der Waals surface area contributed by atoms with Gasteiger partial charge in [0.2, 0.25) is 0 Å². The van der Waals surface area contributed by atoms with Gasteiger partial charge in [-0.05, 0) is 75.5 Å². The highest BCUT2D eigenvalue weighted by Gasteiger charge is 2.22. The van der Waals surface area contributed by atoms with E-state index >= 15 is 0 Å². The van der Waals surface area contributed by atoms with Gasteiger partial charge in [-0.1, -0.05) is 152 Å². The van der Waals surface area contributed by atoms with Gasteiger partial charge in [0.05, 0.1) is 5.69 Å². The molecule has 2 aromatic heterocycles. The maximum absolute atomic E-state index is 6.60. The van der Waals surface area contributed by atoms with Gasteiger partial charge in [0.25, 0.3) is 0 Å². The van der Waals surface area contributed by atoms with Crippen LogP contribution in [0.25, 0.3) is 88.0 Å². The summed E-state index contributed by atoms with van der Waals surface area (Å²) >= 11 is 0. The fraction of sp³-hybridized carbons (Fsp3) is 0. The van der Waals surface area contributed by atoms with Crippen LogP contribution >= 0.6 is 0 Å². The molecule has 0 saturated carbocycles. The minimum absolute atomic E-state index is 0.845. The number of rotatable bonds is 6. The second kappa shape index (κ2) is 12.6. The Morgan fingerprint density at radius 1 is 0.309 bits per heavy atom. The van der Waals surface area contributed by atoms with E-state index in [1.54, 1.807) is 0 Å². The lowest BCUT2D eigenvalue weighted by atomic mass is 9.91. The number of fused-ring (bicyclic) bond motifs is 7. The van der Waals surface area contributed by atoms with Crippen LogP contribution < -0.4 is 4.90 Å². The van der Waals surface area contributed by atoms with Crippen LogP contribution in [0.5, 0.6) is 0 Å². The normalized spacial score (nSPS) is 11.6. The lowest BCUT2D eigenvalue weighted by Crippen LogP contribution is -2.11. The summed E-state index contributed by atoms with van der Waals surface area (Å²) in [6.07, 6.45) is 0. The number of hydrogen-bond donors (Lipinski definition) is 0. The van der Waals surface area contributed by atoms with Gasteiger partial charge >= 0.3 is 0 Å². The van der Waals surface area contributed by atoms with Crippen LogP contribution in [0, 0.1) is 0 Å². The van der Waals surface area contributed by atoms with Gasteiger partial charge in [0, 0.05) is 50.1 Å². The minimum Gasteiger partial charge on any atom is -0.456 e. The van der Waals surface area contributed by atoms with Crippen molar-refractivity contribution in [3.8, 4) is 33.4 Å². The highest BCUT2D eigenvalue weighted by molar-refractivity contribution is 6.11. The van der Waals surface area contributed by atoms with E-state index in [4.69, 9.17) is 8.83 Å². The molecular weight excluding hydrogens is 671 g/mol. The average Bonchev–Trinajstić information content (AvgIpc) is 3.82. The molecule has 11 rings (SSSR count). The van der Waals surface area contributed by atoms with Crippen LogP contribution in [-0.4, -0.2) is 0 Å². The summed E-state index contributed by atoms with van der Waals surface area (Å²) in [6, 6.07) is 71.0. The van der Waals surface area contributed by atoms with Gasteiger partial charge in [-0.15, -0.1) is 0 Å². The van der Waals surface area contributed by atoms with E-state index in [1.807, 2.05) is 24.3 Å². The maximum atomic E-state index is 6.60. The van der Waals surface area contributed by atoms with Crippen LogP contribution in [0.1, 0.15) is 0 Å². The SMILES string of the molecule is c1cc(-c2ccccc2-c2cccc3ccccc23)cc(N(c2ccc3c(c2)oc2ccccc23)c2ccccc2-c2cccc3c2oc2ccccc23)c1. The predicted molar refractivity (Wildman–Crippen MR) is 229 cm³/mol. The maximum Gasteiger partial charge on any atom is 0.143 e. The molecule has 0 amide bonds. The molecule has 0 bridgehead atoms. The molecule has 0 aliphatic carbocycles. The highest BCUT2D eigenvalue weighted by atomic mass is 16.3. The average molecular weight is 704 g/mol. The summed E-state index contributed by atoms with van der Waals surface area (Å²) in [4.78, 5) is 2.35. The molecular formula is C52H33NO2. The summed E-state index contributed by atoms with van der Waals surface area (Å²) in [5.41, 5.74) is 13.4. The first kappa shape index (κ1) is 31.2. The van der Waals surface area contributed by atoms with Gasteiger partial charge in [0.15, 0.2) is 0 Å². The monoisotopic (exact) mass is 703 g/mol. The molecule has 3 nitrogen and oxygen atoms in total. The first-order valence-corrected chi connectivity index (χ1v) is 18.7. The lowest BCUT2D eigenvalue weighted by molar-refractivity contribution is 0.669. The summed E-state index contributed by atoms with van der Waals surface area (Å²) in [5, 5.41) is 6.89. The Morgan fingerprint density at radius 3 is 1.75 bits per heavy atom. The smallest absolute Gasteiger partial charge is 0.143 e. The second-order valence-electron chi connectivity index (χ2n) is 14.0. The molecule has 55 heavy (non-hydrogen) atoms. The summed E-state index contributed by atoms with van der Waals surface area (Å²) in [5.74, 6) is 0. The topological polar surface area (TPSA) is 29.5 Å². The van der Waals surface area contributed by atoms with Crippen molar-refractivity contribution in [3.05, 3.63) is 200 Å². The van der Waals surface area contributed by atoms with Crippen molar-refractivity contribution in [2.75, 3.05) is 4.90 Å². The van der Waals surface area contributed by atoms with Gasteiger partial charge in [-0.2, -0.15) is 0 Å². The van der Waals surface area contributed by atoms with E-state index in [0.717, 1.165) is 77.6 Å². The Balaban J connectivity index is 1.14. The van der Waals surface area contributed by atoms with E-state index in [-0.39, 0.29) is 0 Å². The number of furan rings is 2. The molecule has 0 fully saturated rings. The molecule has 0 atom stereocenters. The Bertz CT molecular complexity index is 3230. The van der Waals surface area contributed by atoms with Gasteiger partial charge in [-0.3, -0.25) is 0 Å². The van der Waals surface area contributed by atoms with Crippen molar-refractivity contribution >= 4 is 71.7 Å². The number of nitrogens with zero attached hydrogens (tertiary/aromatic N) is 1. The molecule has 0 unspecified atom stereocenters. The number of anilines is 3. The zero-order valence-electron chi connectivity index (χ0n) is 29.8. The van der Waals surface area contributed by atoms with Crippen molar-refractivity contribution in [3.63, 3.8) is 0 Å². The molecule has 0 radical (unpaired) electrons. The van der Waals surface area contributed by atoms with Crippen LogP contribution in [-0.2, 0) is 0 Å². The molecule has 0 saturated heterocycles. The molecule has 0 aliphatic heterocycles. The van der Waals surface area contributed by atoms with Crippen molar-refractivity contribution in [1.82, 2.24) is 0 Å². The Hall–Kier alpha value is -7.36. The Kier molecular flexibility index (Phi) is 7.17. The molecule has 9 aromatic carbocycles. The number of para-hydroxylation sites is 4. The number of hydrogen-bond acceptors (Lipinski definition) is 3. The molecule has 258 valence electrons. The predicted octanol–water partition coefficient (Wildman–Crippen LogP) is 15.1. The molecule has 0 N–H and O–H groups in total. The van der Waals surface area contributed by atoms with Crippen molar-refractivity contribution in [1.29, 1.82) is 0 Å². The van der Waals surface area contributed by atoms with E-state index in [0.29, 0.717) is 0 Å². The summed E-state index contributed by atoms with van der Waals surface area (Å²) < 4.78 is 13.1. The third kappa shape index (κ3) is 5.13. The fourth-order valence-electron chi connectivity index (χ4n) is 8.38. The van der Waals surface area contributed by atoms with Crippen LogP contribution in [0.3, 0.4) is 0 Å². The molecule has 0 spiro atoms. The van der Waals surface area contributed by atoms with Gasteiger partial charge < -0.3 is 13.7 Å². The standard InChI is InChI=1S/C52H33NO2/c1-2-18-38-34(14-1)15-12-24-41(38)40-20-4-3-19-39(40)35-16-11-17-36(32-35)53(37-30-31-45-43-22-6-9-28-49(43)54-51(45)33-37)48-27-8-5-21-42(48)46-25-13-26-47-44-23-7-10-29-50(44)55-52(46)47/h1-33H. The van der Waals surface area contributed by atoms with E-state index in [2.05, 4.69) is 181 Å². The first-order valence-electron chi connectivity index (χ1n) is 18.7. The third-order valence-electron chi connectivity index (χ3n) is 10.9. The third-order valence-corrected chi connectivity index (χ3v) is 10.9. The minimum atomic E-state index is 0.845. The van der Waals surface area contributed by atoms with E-state index in [9.17, 15) is 0 Å². The van der Waals surface area contributed by atoms with Crippen LogP contribution in [0.2, 0.25) is 0 Å². The number of benzene rings is 9. The van der Waals surface area contributed by atoms with Crippen LogP contribution in [0.4, 0.5) is 17.1 Å². The zero-order valence-corrected chi connectivity index (χ0v) is 29.8. The van der Waals surface area contributed by atoms with Crippen molar-refractivity contribution in [2.45, 2.75) is 0 Å². The molecule has 11 aromatic rings. The first-order chi connectivity index (χ1) is 27.3. The van der Waals surface area contributed by atoms with E-state index in [1.165, 1.54) is 27.5 Å². The Morgan fingerprint density at radius 2 is 0.873 bits per heavy atom.